The van der Waals surface area contributed by atoms with E-state index in [0.29, 0.717) is 24.0 Å². The summed E-state index contributed by atoms with van der Waals surface area (Å²) >= 11 is 0. The van der Waals surface area contributed by atoms with E-state index in [9.17, 15) is 9.18 Å². The number of nitrogens with one attached hydrogen (secondary N) is 1. The van der Waals surface area contributed by atoms with Gasteiger partial charge >= 0.3 is 0 Å². The molecule has 16 heavy (non-hydrogen) atoms. The van der Waals surface area contributed by atoms with Crippen LogP contribution in [0.3, 0.4) is 0 Å². The number of ether oxygens (including phenoxy) is 1. The molecule has 1 aromatic heterocycles. The first kappa shape index (κ1) is 11.3. The fraction of sp³-hybridized carbons (Fsp3) is 0.545. The lowest BCUT2D eigenvalue weighted by Gasteiger charge is -2.13. The van der Waals surface area contributed by atoms with Crippen LogP contribution in [0.4, 0.5) is 4.39 Å². The number of H-pyrrole nitrogens is 1. The lowest BCUT2D eigenvalue weighted by Crippen LogP contribution is -2.16. The van der Waals surface area contributed by atoms with Crippen molar-refractivity contribution in [1.82, 2.24) is 4.98 Å². The molecule has 1 aliphatic heterocycles. The molecular formula is C11H14FNO3. The van der Waals surface area contributed by atoms with Crippen LogP contribution in [0.25, 0.3) is 0 Å². The quantitative estimate of drug-likeness (QED) is 0.742. The van der Waals surface area contributed by atoms with E-state index in [1.807, 2.05) is 0 Å². The summed E-state index contributed by atoms with van der Waals surface area (Å²) in [6.07, 6.45) is 0.774. The molecule has 0 unspecified atom stereocenters. The molecule has 0 saturated carbocycles. The van der Waals surface area contributed by atoms with Gasteiger partial charge < -0.3 is 9.84 Å². The van der Waals surface area contributed by atoms with Crippen LogP contribution in [0.1, 0.15) is 30.1 Å². The molecule has 88 valence electrons. The van der Waals surface area contributed by atoms with Crippen LogP contribution in [0.2, 0.25) is 0 Å². The summed E-state index contributed by atoms with van der Waals surface area (Å²) in [6.45, 7) is 1.57. The van der Waals surface area contributed by atoms with E-state index in [1.54, 1.807) is 6.92 Å². The number of rotatable bonds is 2. The second kappa shape index (κ2) is 4.35. The molecule has 2 heterocycles. The van der Waals surface area contributed by atoms with Crippen molar-refractivity contribution in [3.63, 3.8) is 0 Å². The Labute approximate surface area is 92.1 Å². The minimum Gasteiger partial charge on any atom is -0.394 e. The van der Waals surface area contributed by atoms with Gasteiger partial charge in [-0.05, 0) is 25.8 Å². The van der Waals surface area contributed by atoms with E-state index >= 15 is 0 Å². The van der Waals surface area contributed by atoms with Crippen molar-refractivity contribution in [1.29, 1.82) is 0 Å². The van der Waals surface area contributed by atoms with Crippen LogP contribution in [-0.2, 0) is 4.74 Å². The molecule has 5 heteroatoms. The molecule has 1 aliphatic rings. The average molecular weight is 227 g/mol. The van der Waals surface area contributed by atoms with E-state index in [4.69, 9.17) is 9.84 Å². The maximum atomic E-state index is 13.5. The van der Waals surface area contributed by atoms with Gasteiger partial charge in [-0.1, -0.05) is 0 Å². The number of halogens is 1. The maximum Gasteiger partial charge on any atom is 0.253 e. The predicted molar refractivity (Wildman–Crippen MR) is 55.7 cm³/mol. The van der Waals surface area contributed by atoms with Crippen molar-refractivity contribution in [3.8, 4) is 0 Å². The van der Waals surface area contributed by atoms with Gasteiger partial charge in [0.25, 0.3) is 5.56 Å². The highest BCUT2D eigenvalue weighted by molar-refractivity contribution is 5.21. The van der Waals surface area contributed by atoms with Gasteiger partial charge in [-0.25, -0.2) is 0 Å². The van der Waals surface area contributed by atoms with Crippen LogP contribution >= 0.6 is 0 Å². The monoisotopic (exact) mass is 227 g/mol. The third-order valence-corrected chi connectivity index (χ3v) is 2.86. The van der Waals surface area contributed by atoms with E-state index in [-0.39, 0.29) is 18.8 Å². The van der Waals surface area contributed by atoms with Crippen molar-refractivity contribution in [2.45, 2.75) is 32.0 Å². The number of aliphatic hydroxyl groups is 1. The summed E-state index contributed by atoms with van der Waals surface area (Å²) in [4.78, 5) is 13.3. The van der Waals surface area contributed by atoms with Crippen molar-refractivity contribution in [2.75, 3.05) is 6.61 Å². The Balaban J connectivity index is 2.28. The molecule has 2 rings (SSSR count). The number of hydrogen-bond acceptors (Lipinski definition) is 3. The highest BCUT2D eigenvalue weighted by atomic mass is 19.1. The largest absolute Gasteiger partial charge is 0.394 e. The van der Waals surface area contributed by atoms with Gasteiger partial charge in [-0.2, -0.15) is 4.39 Å². The average Bonchev–Trinajstić information content (AvgIpc) is 2.71. The first-order chi connectivity index (χ1) is 7.61. The zero-order valence-electron chi connectivity index (χ0n) is 9.00. The zero-order valence-corrected chi connectivity index (χ0v) is 9.00. The van der Waals surface area contributed by atoms with Crippen molar-refractivity contribution >= 4 is 0 Å². The molecular weight excluding hydrogens is 213 g/mol. The second-order valence-corrected chi connectivity index (χ2v) is 4.06. The molecule has 2 N–H and O–H groups in total. The minimum absolute atomic E-state index is 0.0551. The maximum absolute atomic E-state index is 13.5. The van der Waals surface area contributed by atoms with Gasteiger partial charge in [0.1, 0.15) is 0 Å². The van der Waals surface area contributed by atoms with Gasteiger partial charge in [0.15, 0.2) is 5.95 Å². The molecule has 4 nitrogen and oxygen atoms in total. The lowest BCUT2D eigenvalue weighted by atomic mass is 10.1. The summed E-state index contributed by atoms with van der Waals surface area (Å²) in [5.74, 6) is -0.640. The summed E-state index contributed by atoms with van der Waals surface area (Å²) < 4.78 is 19.0. The SMILES string of the molecule is Cc1cc([C@H]2CC[C@@H](CO)O2)c(F)[nH]c1=O. The van der Waals surface area contributed by atoms with Gasteiger partial charge in [-0.3, -0.25) is 9.78 Å². The first-order valence-electron chi connectivity index (χ1n) is 5.27. The van der Waals surface area contributed by atoms with Crippen molar-refractivity contribution < 1.29 is 14.2 Å². The Hall–Kier alpha value is -1.20. The fourth-order valence-corrected chi connectivity index (χ4v) is 1.94. The van der Waals surface area contributed by atoms with Crippen LogP contribution in [0, 0.1) is 12.9 Å². The molecule has 0 radical (unpaired) electrons. The number of hydrogen-bond donors (Lipinski definition) is 2. The number of aromatic nitrogens is 1. The topological polar surface area (TPSA) is 62.3 Å². The minimum atomic E-state index is -0.640. The highest BCUT2D eigenvalue weighted by Crippen LogP contribution is 2.33. The Morgan fingerprint density at radius 2 is 2.38 bits per heavy atom. The van der Waals surface area contributed by atoms with Gasteiger partial charge in [-0.15, -0.1) is 0 Å². The number of aliphatic hydroxyl groups excluding tert-OH is 1. The lowest BCUT2D eigenvalue weighted by molar-refractivity contribution is 0.00923. The Bertz CT molecular complexity index is 443. The number of aryl methyl sites for hydroxylation is 1. The summed E-state index contributed by atoms with van der Waals surface area (Å²) in [5, 5.41) is 8.92. The van der Waals surface area contributed by atoms with E-state index < -0.39 is 11.5 Å². The Kier molecular flexibility index (Phi) is 3.07. The Morgan fingerprint density at radius 3 is 3.00 bits per heavy atom. The van der Waals surface area contributed by atoms with E-state index in [1.165, 1.54) is 6.07 Å². The van der Waals surface area contributed by atoms with Crippen LogP contribution in [0.15, 0.2) is 10.9 Å². The predicted octanol–water partition coefficient (Wildman–Crippen LogP) is 1.03. The molecule has 1 saturated heterocycles. The van der Waals surface area contributed by atoms with E-state index in [2.05, 4.69) is 4.98 Å². The normalized spacial score (nSPS) is 24.9. The standard InChI is InChI=1S/C11H14FNO3/c1-6-4-8(10(12)13-11(6)15)9-3-2-7(5-14)16-9/h4,7,9,14H,2-3,5H2,1H3,(H,13,15)/t7-,9+/m0/s1. The molecule has 1 fully saturated rings. The molecule has 1 aromatic rings. The van der Waals surface area contributed by atoms with Gasteiger partial charge in [0, 0.05) is 11.1 Å². The number of aromatic amines is 1. The van der Waals surface area contributed by atoms with Gasteiger partial charge in [0.2, 0.25) is 0 Å². The molecule has 0 amide bonds. The fourth-order valence-electron chi connectivity index (χ4n) is 1.94. The molecule has 0 aliphatic carbocycles. The van der Waals surface area contributed by atoms with Crippen LogP contribution in [-0.4, -0.2) is 22.8 Å². The third kappa shape index (κ3) is 2.01. The zero-order chi connectivity index (χ0) is 11.7. The van der Waals surface area contributed by atoms with E-state index in [0.717, 1.165) is 0 Å². The Morgan fingerprint density at radius 1 is 1.62 bits per heavy atom. The molecule has 0 aromatic carbocycles. The number of pyridine rings is 1. The highest BCUT2D eigenvalue weighted by Gasteiger charge is 2.28. The van der Waals surface area contributed by atoms with Crippen molar-refractivity contribution in [3.05, 3.63) is 33.5 Å². The smallest absolute Gasteiger partial charge is 0.253 e. The molecule has 0 bridgehead atoms. The third-order valence-electron chi connectivity index (χ3n) is 2.86. The molecule has 2 atom stereocenters. The first-order valence-corrected chi connectivity index (χ1v) is 5.27. The summed E-state index contributed by atoms with van der Waals surface area (Å²) in [6, 6.07) is 1.51. The molecule has 0 spiro atoms. The van der Waals surface area contributed by atoms with Crippen LogP contribution < -0.4 is 5.56 Å². The summed E-state index contributed by atoms with van der Waals surface area (Å²) in [7, 11) is 0. The van der Waals surface area contributed by atoms with Gasteiger partial charge in [0.05, 0.1) is 18.8 Å². The second-order valence-electron chi connectivity index (χ2n) is 4.06. The van der Waals surface area contributed by atoms with Crippen LogP contribution in [0.5, 0.6) is 0 Å². The summed E-state index contributed by atoms with van der Waals surface area (Å²) in [5.41, 5.74) is 0.415. The van der Waals surface area contributed by atoms with Crippen molar-refractivity contribution in [2.24, 2.45) is 0 Å².